The molecule has 1 amide bonds. The fourth-order valence-electron chi connectivity index (χ4n) is 3.39. The van der Waals surface area contributed by atoms with E-state index in [1.165, 1.54) is 0 Å². The number of nitriles is 1. The Hall–Kier alpha value is -2.65. The van der Waals surface area contributed by atoms with E-state index in [-0.39, 0.29) is 17.9 Å². The largest absolute Gasteiger partial charge is 0.373 e. The van der Waals surface area contributed by atoms with Crippen molar-refractivity contribution in [2.45, 2.75) is 26.4 Å². The van der Waals surface area contributed by atoms with Gasteiger partial charge >= 0.3 is 0 Å². The molecule has 0 radical (unpaired) electrons. The predicted octanol–water partition coefficient (Wildman–Crippen LogP) is 2.42. The van der Waals surface area contributed by atoms with Gasteiger partial charge in [0.25, 0.3) is 5.91 Å². The van der Waals surface area contributed by atoms with E-state index in [9.17, 15) is 4.79 Å². The SMILES string of the molecule is Cc1nn(C)c(C)c1[C@H]1OCC[C@@H]1CNC(=O)c1ccc(C#N)cc1. The van der Waals surface area contributed by atoms with Crippen molar-refractivity contribution in [1.29, 1.82) is 5.26 Å². The van der Waals surface area contributed by atoms with Crippen molar-refractivity contribution in [3.8, 4) is 6.07 Å². The predicted molar refractivity (Wildman–Crippen MR) is 93.0 cm³/mol. The van der Waals surface area contributed by atoms with Gasteiger partial charge in [0.1, 0.15) is 0 Å². The molecule has 2 aromatic rings. The number of aryl methyl sites for hydroxylation is 2. The molecule has 0 spiro atoms. The maximum absolute atomic E-state index is 12.3. The zero-order chi connectivity index (χ0) is 18.0. The van der Waals surface area contributed by atoms with Crippen molar-refractivity contribution in [2.75, 3.05) is 13.2 Å². The molecular formula is C19H22N4O2. The van der Waals surface area contributed by atoms with E-state index in [4.69, 9.17) is 10.00 Å². The molecule has 0 saturated carbocycles. The first-order valence-electron chi connectivity index (χ1n) is 8.41. The smallest absolute Gasteiger partial charge is 0.251 e. The summed E-state index contributed by atoms with van der Waals surface area (Å²) >= 11 is 0. The number of amides is 1. The van der Waals surface area contributed by atoms with E-state index in [1.807, 2.05) is 25.6 Å². The van der Waals surface area contributed by atoms with Gasteiger partial charge in [-0.3, -0.25) is 9.48 Å². The minimum Gasteiger partial charge on any atom is -0.373 e. The quantitative estimate of drug-likeness (QED) is 0.928. The summed E-state index contributed by atoms with van der Waals surface area (Å²) in [5, 5.41) is 16.3. The summed E-state index contributed by atoms with van der Waals surface area (Å²) in [4.78, 5) is 12.3. The van der Waals surface area contributed by atoms with Gasteiger partial charge in [-0.15, -0.1) is 0 Å². The highest BCUT2D eigenvalue weighted by Crippen LogP contribution is 2.37. The Labute approximate surface area is 147 Å². The summed E-state index contributed by atoms with van der Waals surface area (Å²) in [7, 11) is 1.93. The van der Waals surface area contributed by atoms with Crippen molar-refractivity contribution in [3.63, 3.8) is 0 Å². The Morgan fingerprint density at radius 3 is 2.72 bits per heavy atom. The normalized spacial score (nSPS) is 19.6. The van der Waals surface area contributed by atoms with Crippen molar-refractivity contribution in [3.05, 3.63) is 52.3 Å². The molecule has 1 saturated heterocycles. The number of benzene rings is 1. The molecule has 6 nitrogen and oxygen atoms in total. The Balaban J connectivity index is 1.67. The molecule has 1 N–H and O–H groups in total. The average Bonchev–Trinajstić information content (AvgIpc) is 3.16. The highest BCUT2D eigenvalue weighted by Gasteiger charge is 2.33. The van der Waals surface area contributed by atoms with Crippen LogP contribution in [0.3, 0.4) is 0 Å². The molecule has 1 aliphatic heterocycles. The number of nitrogens with zero attached hydrogens (tertiary/aromatic N) is 3. The minimum absolute atomic E-state index is 0.0324. The molecule has 130 valence electrons. The van der Waals surface area contributed by atoms with Crippen LogP contribution in [0.4, 0.5) is 0 Å². The Kier molecular flexibility index (Phi) is 4.86. The molecule has 6 heteroatoms. The lowest BCUT2D eigenvalue weighted by molar-refractivity contribution is 0.0840. The van der Waals surface area contributed by atoms with Gasteiger partial charge in [0.15, 0.2) is 0 Å². The zero-order valence-electron chi connectivity index (χ0n) is 14.7. The number of aromatic nitrogens is 2. The fourth-order valence-corrected chi connectivity index (χ4v) is 3.39. The van der Waals surface area contributed by atoms with E-state index in [1.54, 1.807) is 24.3 Å². The molecule has 2 atom stereocenters. The molecule has 1 fully saturated rings. The van der Waals surface area contributed by atoms with Gasteiger partial charge in [-0.1, -0.05) is 0 Å². The third-order valence-electron chi connectivity index (χ3n) is 4.86. The van der Waals surface area contributed by atoms with Crippen molar-refractivity contribution in [1.82, 2.24) is 15.1 Å². The second-order valence-electron chi connectivity index (χ2n) is 6.45. The fraction of sp³-hybridized carbons (Fsp3) is 0.421. The van der Waals surface area contributed by atoms with Crippen LogP contribution in [-0.4, -0.2) is 28.8 Å². The molecule has 1 aromatic carbocycles. The molecule has 0 bridgehead atoms. The number of carbonyl (C=O) groups excluding carboxylic acids is 1. The van der Waals surface area contributed by atoms with Crippen LogP contribution in [0.15, 0.2) is 24.3 Å². The summed E-state index contributed by atoms with van der Waals surface area (Å²) in [5.74, 6) is 0.0960. The number of ether oxygens (including phenoxy) is 1. The minimum atomic E-state index is -0.130. The van der Waals surface area contributed by atoms with Gasteiger partial charge < -0.3 is 10.1 Å². The summed E-state index contributed by atoms with van der Waals surface area (Å²) in [6, 6.07) is 8.70. The topological polar surface area (TPSA) is 79.9 Å². The zero-order valence-corrected chi connectivity index (χ0v) is 14.7. The van der Waals surface area contributed by atoms with Gasteiger partial charge in [-0.05, 0) is 44.5 Å². The average molecular weight is 338 g/mol. The Bertz CT molecular complexity index is 817. The van der Waals surface area contributed by atoms with E-state index in [0.717, 1.165) is 23.4 Å². The third-order valence-corrected chi connectivity index (χ3v) is 4.86. The van der Waals surface area contributed by atoms with Crippen molar-refractivity contribution < 1.29 is 9.53 Å². The lowest BCUT2D eigenvalue weighted by Gasteiger charge is -2.20. The van der Waals surface area contributed by atoms with Crippen LogP contribution in [0, 0.1) is 31.1 Å². The molecule has 0 aliphatic carbocycles. The van der Waals surface area contributed by atoms with Crippen LogP contribution in [0.25, 0.3) is 0 Å². The second kappa shape index (κ2) is 7.08. The Morgan fingerprint density at radius 2 is 2.12 bits per heavy atom. The van der Waals surface area contributed by atoms with Crippen LogP contribution in [-0.2, 0) is 11.8 Å². The van der Waals surface area contributed by atoms with E-state index < -0.39 is 0 Å². The molecule has 25 heavy (non-hydrogen) atoms. The number of hydrogen-bond acceptors (Lipinski definition) is 4. The van der Waals surface area contributed by atoms with Gasteiger partial charge in [-0.25, -0.2) is 0 Å². The maximum Gasteiger partial charge on any atom is 0.251 e. The second-order valence-corrected chi connectivity index (χ2v) is 6.45. The number of rotatable bonds is 4. The van der Waals surface area contributed by atoms with Crippen molar-refractivity contribution >= 4 is 5.91 Å². The first kappa shape index (κ1) is 17.2. The van der Waals surface area contributed by atoms with E-state index in [0.29, 0.717) is 24.3 Å². The monoisotopic (exact) mass is 338 g/mol. The highest BCUT2D eigenvalue weighted by molar-refractivity contribution is 5.94. The Morgan fingerprint density at radius 1 is 1.40 bits per heavy atom. The first-order valence-corrected chi connectivity index (χ1v) is 8.41. The van der Waals surface area contributed by atoms with Crippen molar-refractivity contribution in [2.24, 2.45) is 13.0 Å². The lowest BCUT2D eigenvalue weighted by Crippen LogP contribution is -2.30. The van der Waals surface area contributed by atoms with Crippen LogP contribution < -0.4 is 5.32 Å². The molecule has 3 rings (SSSR count). The van der Waals surface area contributed by atoms with Gasteiger partial charge in [0.05, 0.1) is 23.4 Å². The van der Waals surface area contributed by atoms with Crippen LogP contribution in [0.2, 0.25) is 0 Å². The highest BCUT2D eigenvalue weighted by atomic mass is 16.5. The molecule has 0 unspecified atom stereocenters. The summed E-state index contributed by atoms with van der Waals surface area (Å²) < 4.78 is 7.83. The van der Waals surface area contributed by atoms with Crippen LogP contribution >= 0.6 is 0 Å². The van der Waals surface area contributed by atoms with Gasteiger partial charge in [0.2, 0.25) is 0 Å². The van der Waals surface area contributed by atoms with Gasteiger partial charge in [0, 0.05) is 42.9 Å². The summed E-state index contributed by atoms with van der Waals surface area (Å²) in [6.07, 6.45) is 0.876. The van der Waals surface area contributed by atoms with E-state index in [2.05, 4.69) is 16.5 Å². The maximum atomic E-state index is 12.3. The molecular weight excluding hydrogens is 316 g/mol. The molecule has 1 aliphatic rings. The number of carbonyl (C=O) groups is 1. The summed E-state index contributed by atoms with van der Waals surface area (Å²) in [5.41, 5.74) is 4.33. The number of nitrogens with one attached hydrogen (secondary N) is 1. The van der Waals surface area contributed by atoms with E-state index >= 15 is 0 Å². The standard InChI is InChI=1S/C19H22N4O2/c1-12-17(13(2)23(3)22-12)18-16(8-9-25-18)11-21-19(24)15-6-4-14(10-20)5-7-15/h4-7,16,18H,8-9,11H2,1-3H3,(H,21,24)/t16-,18+/m1/s1. The van der Waals surface area contributed by atoms with Gasteiger partial charge in [-0.2, -0.15) is 10.4 Å². The van der Waals surface area contributed by atoms with Crippen LogP contribution in [0.5, 0.6) is 0 Å². The lowest BCUT2D eigenvalue weighted by atomic mass is 9.94. The third kappa shape index (κ3) is 3.42. The molecule has 1 aromatic heterocycles. The first-order chi connectivity index (χ1) is 12.0. The number of hydrogen-bond donors (Lipinski definition) is 1. The molecule has 2 heterocycles. The van der Waals surface area contributed by atoms with Crippen LogP contribution in [0.1, 0.15) is 45.4 Å². The summed E-state index contributed by atoms with van der Waals surface area (Å²) in [6.45, 7) is 5.28.